The quantitative estimate of drug-likeness (QED) is 0.629. The van der Waals surface area contributed by atoms with E-state index in [9.17, 15) is 0 Å². The van der Waals surface area contributed by atoms with E-state index < -0.39 is 0 Å². The van der Waals surface area contributed by atoms with Crippen LogP contribution in [0.1, 0.15) is 11.1 Å². The topological polar surface area (TPSA) is 9.72 Å². The lowest BCUT2D eigenvalue weighted by molar-refractivity contribution is 0.119. The van der Waals surface area contributed by atoms with Crippen LogP contribution in [0.2, 0.25) is 0 Å². The number of rotatable bonds is 9. The summed E-state index contributed by atoms with van der Waals surface area (Å²) in [7, 11) is 2.84. The summed E-state index contributed by atoms with van der Waals surface area (Å²) >= 11 is 0. The van der Waals surface area contributed by atoms with Crippen molar-refractivity contribution in [2.24, 2.45) is 0 Å². The Kier molecular flexibility index (Phi) is 8.10. The molecule has 0 aromatic heterocycles. The molecule has 1 aliphatic rings. The van der Waals surface area contributed by atoms with Crippen molar-refractivity contribution < 1.29 is 0 Å². The van der Waals surface area contributed by atoms with E-state index in [-0.39, 0.29) is 0 Å². The van der Waals surface area contributed by atoms with Gasteiger partial charge in [-0.05, 0) is 17.3 Å². The summed E-state index contributed by atoms with van der Waals surface area (Å²) in [4.78, 5) is 7.79. The van der Waals surface area contributed by atoms with Crippen LogP contribution < -0.4 is 0 Å². The minimum absolute atomic E-state index is 1.02. The van der Waals surface area contributed by atoms with E-state index in [1.165, 1.54) is 50.0 Å². The van der Waals surface area contributed by atoms with E-state index in [1.807, 2.05) is 0 Å². The van der Waals surface area contributed by atoms with Gasteiger partial charge in [-0.3, -0.25) is 9.80 Å². The van der Waals surface area contributed by atoms with E-state index >= 15 is 0 Å². The first-order valence-corrected chi connectivity index (χ1v) is 10.6. The molecule has 0 spiro atoms. The minimum atomic E-state index is 1.02. The number of benzene rings is 2. The molecule has 0 amide bonds. The maximum absolute atomic E-state index is 2.84. The van der Waals surface area contributed by atoms with Gasteiger partial charge in [0.1, 0.15) is 0 Å². The van der Waals surface area contributed by atoms with Crippen molar-refractivity contribution in [1.29, 1.82) is 0 Å². The lowest BCUT2D eigenvalue weighted by atomic mass is 10.1. The fourth-order valence-corrected chi connectivity index (χ4v) is 3.96. The van der Waals surface area contributed by atoms with Gasteiger partial charge in [0.05, 0.1) is 0 Å². The van der Waals surface area contributed by atoms with E-state index in [0.717, 1.165) is 26.2 Å². The van der Waals surface area contributed by atoms with Crippen LogP contribution in [0.5, 0.6) is 0 Å². The first-order chi connectivity index (χ1) is 12.8. The van der Waals surface area contributed by atoms with Crippen LogP contribution in [0, 0.1) is 0 Å². The van der Waals surface area contributed by atoms with Crippen molar-refractivity contribution in [3.05, 3.63) is 71.8 Å². The molecule has 0 N–H and O–H groups in total. The fraction of sp³-hybridized carbons (Fsp3) is 0.455. The van der Waals surface area contributed by atoms with Crippen molar-refractivity contribution in [3.8, 4) is 0 Å². The molecular formula is C22H32N3P. The van der Waals surface area contributed by atoms with Gasteiger partial charge in [-0.1, -0.05) is 60.7 Å². The molecule has 0 aliphatic carbocycles. The summed E-state index contributed by atoms with van der Waals surface area (Å²) in [5.41, 5.74) is 2.79. The van der Waals surface area contributed by atoms with Gasteiger partial charge in [-0.15, -0.1) is 9.24 Å². The van der Waals surface area contributed by atoms with Crippen LogP contribution in [0.3, 0.4) is 0 Å². The van der Waals surface area contributed by atoms with Gasteiger partial charge in [0.15, 0.2) is 0 Å². The lowest BCUT2D eigenvalue weighted by Crippen LogP contribution is -2.48. The molecule has 1 aliphatic heterocycles. The van der Waals surface area contributed by atoms with E-state index in [0.29, 0.717) is 0 Å². The first-order valence-electron chi connectivity index (χ1n) is 9.78. The molecule has 1 heterocycles. The third-order valence-corrected chi connectivity index (χ3v) is 5.40. The molecule has 2 aromatic carbocycles. The minimum Gasteiger partial charge on any atom is -0.300 e. The fourth-order valence-electron chi connectivity index (χ4n) is 3.60. The highest BCUT2D eigenvalue weighted by atomic mass is 31.0. The normalized spacial score (nSPS) is 16.2. The van der Waals surface area contributed by atoms with Crippen molar-refractivity contribution in [3.63, 3.8) is 0 Å². The Hall–Kier alpha value is -1.25. The van der Waals surface area contributed by atoms with E-state index in [4.69, 9.17) is 0 Å². The third-order valence-electron chi connectivity index (χ3n) is 5.14. The Balaban J connectivity index is 1.53. The molecule has 0 saturated carbocycles. The van der Waals surface area contributed by atoms with Gasteiger partial charge in [0, 0.05) is 58.9 Å². The average molecular weight is 369 g/mol. The van der Waals surface area contributed by atoms with Gasteiger partial charge in [0.2, 0.25) is 0 Å². The highest BCUT2D eigenvalue weighted by molar-refractivity contribution is 7.16. The van der Waals surface area contributed by atoms with Gasteiger partial charge in [-0.2, -0.15) is 0 Å². The summed E-state index contributed by atoms with van der Waals surface area (Å²) in [6.07, 6.45) is 1.18. The largest absolute Gasteiger partial charge is 0.300 e. The second-order valence-electron chi connectivity index (χ2n) is 7.15. The molecule has 2 aromatic rings. The van der Waals surface area contributed by atoms with Crippen molar-refractivity contribution in [1.82, 2.24) is 14.7 Å². The zero-order valence-electron chi connectivity index (χ0n) is 15.8. The van der Waals surface area contributed by atoms with Crippen LogP contribution in [0.25, 0.3) is 0 Å². The standard InChI is InChI=1S/C22H32N3P/c26-18-17-24-13-11-23(12-14-24)15-16-25(19-21-7-3-1-4-8-21)20-22-9-5-2-6-10-22/h1-10H,11-20,26H2. The number of nitrogens with zero attached hydrogens (tertiary/aromatic N) is 3. The molecule has 140 valence electrons. The van der Waals surface area contributed by atoms with Crippen LogP contribution in [-0.4, -0.2) is 66.7 Å². The number of hydrogen-bond acceptors (Lipinski definition) is 3. The second kappa shape index (κ2) is 10.8. The maximum Gasteiger partial charge on any atom is 0.0237 e. The van der Waals surface area contributed by atoms with Gasteiger partial charge in [0.25, 0.3) is 0 Å². The highest BCUT2D eigenvalue weighted by Crippen LogP contribution is 2.11. The van der Waals surface area contributed by atoms with Crippen molar-refractivity contribution in [2.75, 3.05) is 52.0 Å². The zero-order valence-corrected chi connectivity index (χ0v) is 16.9. The molecule has 4 heteroatoms. The predicted molar refractivity (Wildman–Crippen MR) is 114 cm³/mol. The molecule has 26 heavy (non-hydrogen) atoms. The Morgan fingerprint density at radius 3 is 1.62 bits per heavy atom. The van der Waals surface area contributed by atoms with Crippen LogP contribution in [0.15, 0.2) is 60.7 Å². The Morgan fingerprint density at radius 2 is 1.15 bits per heavy atom. The molecule has 1 saturated heterocycles. The SMILES string of the molecule is PCCN1CCN(CCN(Cc2ccccc2)Cc2ccccc2)CC1. The predicted octanol–water partition coefficient (Wildman–Crippen LogP) is 3.18. The Morgan fingerprint density at radius 1 is 0.692 bits per heavy atom. The van der Waals surface area contributed by atoms with Crippen LogP contribution in [0.4, 0.5) is 0 Å². The smallest absolute Gasteiger partial charge is 0.0237 e. The number of hydrogen-bond donors (Lipinski definition) is 0. The Bertz CT molecular complexity index is 570. The molecule has 3 nitrogen and oxygen atoms in total. The summed E-state index contributed by atoms with van der Waals surface area (Å²) in [5.74, 6) is 0. The molecule has 1 unspecified atom stereocenters. The molecule has 0 bridgehead atoms. The Labute approximate surface area is 161 Å². The van der Waals surface area contributed by atoms with Crippen LogP contribution in [-0.2, 0) is 13.1 Å². The number of piperazine rings is 1. The van der Waals surface area contributed by atoms with E-state index in [1.54, 1.807) is 0 Å². The van der Waals surface area contributed by atoms with Gasteiger partial charge in [-0.25, -0.2) is 0 Å². The summed E-state index contributed by atoms with van der Waals surface area (Å²) in [6.45, 7) is 10.4. The lowest BCUT2D eigenvalue weighted by Gasteiger charge is -2.35. The van der Waals surface area contributed by atoms with E-state index in [2.05, 4.69) is 84.6 Å². The average Bonchev–Trinajstić information content (AvgIpc) is 2.69. The molecule has 1 atom stereocenters. The zero-order chi connectivity index (χ0) is 18.0. The van der Waals surface area contributed by atoms with Crippen LogP contribution >= 0.6 is 9.24 Å². The van der Waals surface area contributed by atoms with Gasteiger partial charge < -0.3 is 4.90 Å². The maximum atomic E-state index is 2.84. The van der Waals surface area contributed by atoms with Gasteiger partial charge >= 0.3 is 0 Å². The summed E-state index contributed by atoms with van der Waals surface area (Å²) < 4.78 is 0. The van der Waals surface area contributed by atoms with Crippen molar-refractivity contribution >= 4 is 9.24 Å². The van der Waals surface area contributed by atoms with Crippen molar-refractivity contribution in [2.45, 2.75) is 13.1 Å². The highest BCUT2D eigenvalue weighted by Gasteiger charge is 2.17. The molecular weight excluding hydrogens is 337 g/mol. The molecule has 3 rings (SSSR count). The molecule has 0 radical (unpaired) electrons. The monoisotopic (exact) mass is 369 g/mol. The second-order valence-corrected chi connectivity index (χ2v) is 7.73. The first kappa shape index (κ1) is 19.5. The summed E-state index contributed by atoms with van der Waals surface area (Å²) in [5, 5.41) is 0. The summed E-state index contributed by atoms with van der Waals surface area (Å²) in [6, 6.07) is 21.7. The third kappa shape index (κ3) is 6.48. The molecule has 1 fully saturated rings.